The number of allylic oxidation sites excluding steroid dienone is 2. The highest BCUT2D eigenvalue weighted by Gasteiger charge is 2.58. The lowest BCUT2D eigenvalue weighted by Gasteiger charge is -2.57. The van der Waals surface area contributed by atoms with Gasteiger partial charge in [-0.25, -0.2) is 4.79 Å². The molecule has 0 bridgehead atoms. The molecular formula is C27H42N2O6. The number of carbonyl (C=O) groups is 2. The number of nitrogens with zero attached hydrogens (tertiary/aromatic N) is 1. The van der Waals surface area contributed by atoms with Gasteiger partial charge < -0.3 is 25.5 Å². The normalized spacial score (nSPS) is 38.6. The van der Waals surface area contributed by atoms with Crippen LogP contribution in [-0.2, 0) is 14.4 Å². The van der Waals surface area contributed by atoms with Gasteiger partial charge in [0.1, 0.15) is 0 Å². The van der Waals surface area contributed by atoms with Gasteiger partial charge >= 0.3 is 5.97 Å². The van der Waals surface area contributed by atoms with Crippen LogP contribution in [0, 0.1) is 34.0 Å². The van der Waals surface area contributed by atoms with Crippen molar-refractivity contribution >= 4 is 17.6 Å². The van der Waals surface area contributed by atoms with Crippen LogP contribution in [0.25, 0.3) is 0 Å². The number of aliphatic hydroxyl groups is 2. The number of fused-ring (bicyclic) bond motifs is 5. The molecule has 0 unspecified atom stereocenters. The number of carbonyl (C=O) groups excluding carboxylic acids is 1. The molecule has 4 N–H and O–H groups in total. The molecule has 4 aliphatic rings. The fraction of sp³-hybridized carbons (Fsp3) is 0.815. The number of rotatable bonds is 7. The first-order valence-corrected chi connectivity index (χ1v) is 13.1. The summed E-state index contributed by atoms with van der Waals surface area (Å²) in [5.41, 5.74) is 1.57. The van der Waals surface area contributed by atoms with Gasteiger partial charge in [0.15, 0.2) is 12.7 Å². The Morgan fingerprint density at radius 1 is 1.17 bits per heavy atom. The lowest BCUT2D eigenvalue weighted by atomic mass is 9.47. The van der Waals surface area contributed by atoms with Crippen LogP contribution in [0.4, 0.5) is 0 Å². The standard InChI is InChI=1S/C27H42N2O6/c1-25(2,23(32)24(33)34)15-28-22(31)14-35-29-17-9-11-26(3)16(13-17)5-6-18-19-7-8-21(30)27(19,4)12-10-20(18)26/h13,18-21,23,30,32H,5-12,14-15H2,1-4H3,(H,28,31)(H,33,34)/b29-17+/t18-,19+,20-,21+,23-,26+,27+/m1/s1. The molecule has 3 saturated carbocycles. The largest absolute Gasteiger partial charge is 0.479 e. The van der Waals surface area contributed by atoms with E-state index in [0.717, 1.165) is 44.2 Å². The number of hydrogen-bond donors (Lipinski definition) is 4. The summed E-state index contributed by atoms with van der Waals surface area (Å²) in [7, 11) is 0. The van der Waals surface area contributed by atoms with Crippen LogP contribution >= 0.6 is 0 Å². The fourth-order valence-corrected chi connectivity index (χ4v) is 7.60. The quantitative estimate of drug-likeness (QED) is 0.406. The molecule has 35 heavy (non-hydrogen) atoms. The molecule has 0 aliphatic heterocycles. The minimum absolute atomic E-state index is 0.0151. The molecule has 196 valence electrons. The van der Waals surface area contributed by atoms with E-state index in [9.17, 15) is 19.8 Å². The van der Waals surface area contributed by atoms with E-state index in [2.05, 4.69) is 30.4 Å². The third kappa shape index (κ3) is 4.76. The number of nitrogens with one attached hydrogen (secondary N) is 1. The highest BCUT2D eigenvalue weighted by Crippen LogP contribution is 2.65. The Hall–Kier alpha value is -1.93. The van der Waals surface area contributed by atoms with Gasteiger partial charge in [-0.1, -0.05) is 38.4 Å². The van der Waals surface area contributed by atoms with Crippen molar-refractivity contribution in [2.24, 2.45) is 39.2 Å². The van der Waals surface area contributed by atoms with E-state index in [4.69, 9.17) is 9.94 Å². The molecule has 0 heterocycles. The molecule has 1 amide bonds. The van der Waals surface area contributed by atoms with Crippen LogP contribution < -0.4 is 5.32 Å². The van der Waals surface area contributed by atoms with Gasteiger partial charge in [-0.3, -0.25) is 4.79 Å². The summed E-state index contributed by atoms with van der Waals surface area (Å²) in [6.45, 7) is 7.65. The summed E-state index contributed by atoms with van der Waals surface area (Å²) in [5.74, 6) is 0.256. The Labute approximate surface area is 208 Å². The monoisotopic (exact) mass is 490 g/mol. The van der Waals surface area contributed by atoms with Crippen molar-refractivity contribution in [2.45, 2.75) is 91.3 Å². The van der Waals surface area contributed by atoms with Crippen LogP contribution in [0.3, 0.4) is 0 Å². The third-order valence-corrected chi connectivity index (χ3v) is 10.0. The topological polar surface area (TPSA) is 128 Å². The molecule has 8 heteroatoms. The molecule has 0 aromatic heterocycles. The van der Waals surface area contributed by atoms with E-state index in [1.807, 2.05) is 0 Å². The van der Waals surface area contributed by atoms with Gasteiger partial charge in [0, 0.05) is 12.0 Å². The van der Waals surface area contributed by atoms with E-state index >= 15 is 0 Å². The molecule has 8 nitrogen and oxygen atoms in total. The Morgan fingerprint density at radius 2 is 1.91 bits per heavy atom. The Balaban J connectivity index is 1.33. The number of oxime groups is 1. The van der Waals surface area contributed by atoms with Gasteiger partial charge in [0.05, 0.1) is 11.8 Å². The highest BCUT2D eigenvalue weighted by atomic mass is 16.6. The van der Waals surface area contributed by atoms with Crippen molar-refractivity contribution in [3.8, 4) is 0 Å². The summed E-state index contributed by atoms with van der Waals surface area (Å²) in [6, 6.07) is 0. The second-order valence-corrected chi connectivity index (χ2v) is 12.5. The molecule has 0 radical (unpaired) electrons. The number of carboxylic acid groups (broad SMARTS) is 1. The van der Waals surface area contributed by atoms with E-state index < -0.39 is 23.4 Å². The van der Waals surface area contributed by atoms with Crippen molar-refractivity contribution in [1.29, 1.82) is 0 Å². The van der Waals surface area contributed by atoms with Gasteiger partial charge in [0.2, 0.25) is 0 Å². The van der Waals surface area contributed by atoms with Crippen molar-refractivity contribution in [2.75, 3.05) is 13.2 Å². The van der Waals surface area contributed by atoms with Crippen molar-refractivity contribution in [3.05, 3.63) is 11.6 Å². The summed E-state index contributed by atoms with van der Waals surface area (Å²) >= 11 is 0. The predicted octanol–water partition coefficient (Wildman–Crippen LogP) is 3.27. The SMILES string of the molecule is CC(C)(CNC(=O)CO/N=C1/C=C2CC[C@H]3[C@@H](CC[C@]4(C)[C@@H](O)CC[C@@H]34)[C@@]2(C)CC1)[C@H](O)C(=O)O. The Morgan fingerprint density at radius 3 is 2.63 bits per heavy atom. The maximum Gasteiger partial charge on any atom is 0.333 e. The van der Waals surface area contributed by atoms with E-state index in [-0.39, 0.29) is 30.1 Å². The maximum atomic E-state index is 12.1. The summed E-state index contributed by atoms with van der Waals surface area (Å²) < 4.78 is 0. The molecule has 4 aliphatic carbocycles. The zero-order valence-electron chi connectivity index (χ0n) is 21.5. The summed E-state index contributed by atoms with van der Waals surface area (Å²) in [6.07, 6.45) is 8.93. The first kappa shape index (κ1) is 26.1. The number of aliphatic hydroxyl groups excluding tert-OH is 2. The average molecular weight is 491 g/mol. The molecule has 4 rings (SSSR count). The second-order valence-electron chi connectivity index (χ2n) is 12.5. The molecule has 7 atom stereocenters. The van der Waals surface area contributed by atoms with Crippen molar-refractivity contribution < 1.29 is 29.7 Å². The zero-order valence-corrected chi connectivity index (χ0v) is 21.5. The van der Waals surface area contributed by atoms with Gasteiger partial charge in [-0.05, 0) is 86.0 Å². The molecular weight excluding hydrogens is 448 g/mol. The Bertz CT molecular complexity index is 913. The summed E-state index contributed by atoms with van der Waals surface area (Å²) in [5, 5.41) is 36.2. The summed E-state index contributed by atoms with van der Waals surface area (Å²) in [4.78, 5) is 28.5. The van der Waals surface area contributed by atoms with Crippen molar-refractivity contribution in [1.82, 2.24) is 5.32 Å². The van der Waals surface area contributed by atoms with E-state index in [0.29, 0.717) is 17.8 Å². The van der Waals surface area contributed by atoms with Crippen molar-refractivity contribution in [3.63, 3.8) is 0 Å². The van der Waals surface area contributed by atoms with Gasteiger partial charge in [-0.15, -0.1) is 0 Å². The minimum Gasteiger partial charge on any atom is -0.479 e. The zero-order chi connectivity index (χ0) is 25.6. The lowest BCUT2D eigenvalue weighted by Crippen LogP contribution is -2.51. The predicted molar refractivity (Wildman–Crippen MR) is 132 cm³/mol. The van der Waals surface area contributed by atoms with Crippen LogP contribution in [0.5, 0.6) is 0 Å². The highest BCUT2D eigenvalue weighted by molar-refractivity contribution is 5.96. The molecule has 0 saturated heterocycles. The van der Waals surface area contributed by atoms with E-state index in [1.165, 1.54) is 18.4 Å². The fourth-order valence-electron chi connectivity index (χ4n) is 7.60. The molecule has 0 spiro atoms. The van der Waals surface area contributed by atoms with E-state index in [1.54, 1.807) is 13.8 Å². The number of amides is 1. The maximum absolute atomic E-state index is 12.1. The number of carboxylic acids is 1. The third-order valence-electron chi connectivity index (χ3n) is 10.0. The number of hydrogen-bond acceptors (Lipinski definition) is 6. The first-order valence-electron chi connectivity index (χ1n) is 13.1. The first-order chi connectivity index (χ1) is 16.4. The molecule has 0 aromatic rings. The van der Waals surface area contributed by atoms with Crippen LogP contribution in [-0.4, -0.2) is 58.3 Å². The van der Waals surface area contributed by atoms with Gasteiger partial charge in [0.25, 0.3) is 5.91 Å². The lowest BCUT2D eigenvalue weighted by molar-refractivity contribution is -0.153. The van der Waals surface area contributed by atoms with Crippen LogP contribution in [0.1, 0.15) is 79.1 Å². The minimum atomic E-state index is -1.57. The van der Waals surface area contributed by atoms with Gasteiger partial charge in [-0.2, -0.15) is 0 Å². The average Bonchev–Trinajstić information content (AvgIpc) is 3.11. The number of aliphatic carboxylic acids is 1. The van der Waals surface area contributed by atoms with Crippen LogP contribution in [0.2, 0.25) is 0 Å². The Kier molecular flexibility index (Phi) is 7.10. The molecule has 0 aromatic carbocycles. The molecule has 3 fully saturated rings. The second kappa shape index (κ2) is 9.51. The van der Waals surface area contributed by atoms with Crippen LogP contribution in [0.15, 0.2) is 16.8 Å². The smallest absolute Gasteiger partial charge is 0.333 e.